The SMILES string of the molecule is CCC(O)C(CCC(=O)O)[N+](=O)[O-]. The zero-order valence-electron chi connectivity index (χ0n) is 7.34. The van der Waals surface area contributed by atoms with E-state index in [0.29, 0.717) is 0 Å². The summed E-state index contributed by atoms with van der Waals surface area (Å²) in [5, 5.41) is 27.8. The van der Waals surface area contributed by atoms with Crippen LogP contribution in [0.15, 0.2) is 0 Å². The number of hydrogen-bond acceptors (Lipinski definition) is 4. The Balaban J connectivity index is 4.10. The molecular formula is C7H13NO5. The summed E-state index contributed by atoms with van der Waals surface area (Å²) in [6, 6.07) is -1.17. The van der Waals surface area contributed by atoms with Gasteiger partial charge in [-0.2, -0.15) is 0 Å². The third-order valence-electron chi connectivity index (χ3n) is 1.79. The quantitative estimate of drug-likeness (QED) is 0.463. The van der Waals surface area contributed by atoms with E-state index in [9.17, 15) is 14.9 Å². The van der Waals surface area contributed by atoms with Crippen LogP contribution in [0.2, 0.25) is 0 Å². The summed E-state index contributed by atoms with van der Waals surface area (Å²) in [4.78, 5) is 19.9. The number of aliphatic hydroxyl groups is 1. The number of aliphatic hydroxyl groups excluding tert-OH is 1. The van der Waals surface area contributed by atoms with E-state index >= 15 is 0 Å². The molecule has 0 bridgehead atoms. The summed E-state index contributed by atoms with van der Waals surface area (Å²) in [7, 11) is 0. The van der Waals surface area contributed by atoms with E-state index in [1.54, 1.807) is 6.92 Å². The van der Waals surface area contributed by atoms with Crippen LogP contribution >= 0.6 is 0 Å². The van der Waals surface area contributed by atoms with E-state index in [-0.39, 0.29) is 19.3 Å². The van der Waals surface area contributed by atoms with Crippen LogP contribution in [0.1, 0.15) is 26.2 Å². The molecule has 0 aromatic heterocycles. The van der Waals surface area contributed by atoms with Crippen molar-refractivity contribution in [3.63, 3.8) is 0 Å². The smallest absolute Gasteiger partial charge is 0.303 e. The van der Waals surface area contributed by atoms with E-state index in [1.165, 1.54) is 0 Å². The van der Waals surface area contributed by atoms with Gasteiger partial charge in [0.15, 0.2) is 0 Å². The highest BCUT2D eigenvalue weighted by atomic mass is 16.6. The highest BCUT2D eigenvalue weighted by Crippen LogP contribution is 2.09. The van der Waals surface area contributed by atoms with Gasteiger partial charge in [-0.15, -0.1) is 0 Å². The first-order chi connectivity index (χ1) is 5.99. The molecule has 0 rings (SSSR count). The van der Waals surface area contributed by atoms with Gasteiger partial charge in [-0.1, -0.05) is 6.92 Å². The van der Waals surface area contributed by atoms with Crippen molar-refractivity contribution in [1.29, 1.82) is 0 Å². The highest BCUT2D eigenvalue weighted by Gasteiger charge is 2.28. The predicted octanol–water partition coefficient (Wildman–Crippen LogP) is 0.267. The number of nitro groups is 1. The average molecular weight is 191 g/mol. The molecule has 0 heterocycles. The maximum atomic E-state index is 10.4. The van der Waals surface area contributed by atoms with Crippen molar-refractivity contribution in [2.45, 2.75) is 38.3 Å². The molecule has 0 aliphatic rings. The molecule has 6 nitrogen and oxygen atoms in total. The maximum absolute atomic E-state index is 10.4. The molecule has 0 radical (unpaired) electrons. The van der Waals surface area contributed by atoms with Gasteiger partial charge in [-0.25, -0.2) is 0 Å². The van der Waals surface area contributed by atoms with Crippen LogP contribution < -0.4 is 0 Å². The molecule has 0 fully saturated rings. The number of carboxylic acid groups (broad SMARTS) is 1. The fraction of sp³-hybridized carbons (Fsp3) is 0.857. The van der Waals surface area contributed by atoms with Crippen molar-refractivity contribution >= 4 is 5.97 Å². The van der Waals surface area contributed by atoms with E-state index in [2.05, 4.69) is 0 Å². The van der Waals surface area contributed by atoms with Crippen LogP contribution in [-0.4, -0.2) is 33.3 Å². The average Bonchev–Trinajstić information content (AvgIpc) is 2.03. The lowest BCUT2D eigenvalue weighted by Gasteiger charge is -2.12. The first-order valence-corrected chi connectivity index (χ1v) is 4.02. The van der Waals surface area contributed by atoms with Gasteiger partial charge in [0.1, 0.15) is 6.10 Å². The first kappa shape index (κ1) is 11.8. The topological polar surface area (TPSA) is 101 Å². The van der Waals surface area contributed by atoms with E-state index in [1.807, 2.05) is 0 Å². The number of rotatable bonds is 6. The minimum atomic E-state index is -1.17. The summed E-state index contributed by atoms with van der Waals surface area (Å²) in [5.74, 6) is -1.09. The van der Waals surface area contributed by atoms with Gasteiger partial charge in [0.05, 0.1) is 6.42 Å². The molecule has 2 N–H and O–H groups in total. The van der Waals surface area contributed by atoms with Gasteiger partial charge in [0.25, 0.3) is 0 Å². The van der Waals surface area contributed by atoms with Crippen LogP contribution in [0.3, 0.4) is 0 Å². The minimum Gasteiger partial charge on any atom is -0.481 e. The zero-order valence-corrected chi connectivity index (χ0v) is 7.34. The molecule has 0 spiro atoms. The number of nitrogens with zero attached hydrogens (tertiary/aromatic N) is 1. The van der Waals surface area contributed by atoms with Gasteiger partial charge < -0.3 is 10.2 Å². The summed E-state index contributed by atoms with van der Waals surface area (Å²) in [5.41, 5.74) is 0. The summed E-state index contributed by atoms with van der Waals surface area (Å²) in [6.45, 7) is 1.61. The Morgan fingerprint density at radius 3 is 2.46 bits per heavy atom. The fourth-order valence-corrected chi connectivity index (χ4v) is 0.982. The Labute approximate surface area is 75.3 Å². The molecule has 76 valence electrons. The second kappa shape index (κ2) is 5.47. The molecular weight excluding hydrogens is 178 g/mol. The summed E-state index contributed by atoms with van der Waals surface area (Å²) < 4.78 is 0. The molecule has 0 saturated carbocycles. The number of carboxylic acids is 1. The lowest BCUT2D eigenvalue weighted by atomic mass is 10.0. The second-order valence-corrected chi connectivity index (χ2v) is 2.76. The van der Waals surface area contributed by atoms with Crippen molar-refractivity contribution in [3.05, 3.63) is 10.1 Å². The third-order valence-corrected chi connectivity index (χ3v) is 1.79. The van der Waals surface area contributed by atoms with Crippen LogP contribution in [-0.2, 0) is 4.79 Å². The summed E-state index contributed by atoms with van der Waals surface area (Å²) in [6.07, 6.45) is -1.22. The molecule has 0 aliphatic carbocycles. The van der Waals surface area contributed by atoms with Gasteiger partial charge in [0, 0.05) is 11.3 Å². The predicted molar refractivity (Wildman–Crippen MR) is 44.0 cm³/mol. The molecule has 13 heavy (non-hydrogen) atoms. The standard InChI is InChI=1S/C7H13NO5/c1-2-6(9)5(8(12)13)3-4-7(10)11/h5-6,9H,2-4H2,1H3,(H,10,11). The molecule has 0 aromatic carbocycles. The normalized spacial score (nSPS) is 14.9. The third kappa shape index (κ3) is 4.41. The number of hydrogen-bond donors (Lipinski definition) is 2. The molecule has 0 amide bonds. The Morgan fingerprint density at radius 2 is 2.15 bits per heavy atom. The van der Waals surface area contributed by atoms with Gasteiger partial charge in [0.2, 0.25) is 6.04 Å². The fourth-order valence-electron chi connectivity index (χ4n) is 0.982. The van der Waals surface area contributed by atoms with Crippen molar-refractivity contribution in [2.75, 3.05) is 0 Å². The number of aliphatic carboxylic acids is 1. The largest absolute Gasteiger partial charge is 0.481 e. The van der Waals surface area contributed by atoms with Crippen LogP contribution in [0.5, 0.6) is 0 Å². The Bertz CT molecular complexity index is 193. The van der Waals surface area contributed by atoms with Crippen molar-refractivity contribution in [2.24, 2.45) is 0 Å². The maximum Gasteiger partial charge on any atom is 0.303 e. The van der Waals surface area contributed by atoms with Crippen molar-refractivity contribution in [1.82, 2.24) is 0 Å². The Hall–Kier alpha value is -1.17. The lowest BCUT2D eigenvalue weighted by molar-refractivity contribution is -0.535. The van der Waals surface area contributed by atoms with Crippen LogP contribution in [0.4, 0.5) is 0 Å². The van der Waals surface area contributed by atoms with Gasteiger partial charge in [-0.3, -0.25) is 14.9 Å². The first-order valence-electron chi connectivity index (χ1n) is 4.02. The summed E-state index contributed by atoms with van der Waals surface area (Å²) >= 11 is 0. The zero-order chi connectivity index (χ0) is 10.4. The number of carbonyl (C=O) groups is 1. The Kier molecular flexibility index (Phi) is 4.98. The molecule has 0 aromatic rings. The second-order valence-electron chi connectivity index (χ2n) is 2.76. The van der Waals surface area contributed by atoms with E-state index in [4.69, 9.17) is 10.2 Å². The Morgan fingerprint density at radius 1 is 1.62 bits per heavy atom. The molecule has 0 aliphatic heterocycles. The van der Waals surface area contributed by atoms with E-state index in [0.717, 1.165) is 0 Å². The monoisotopic (exact) mass is 191 g/mol. The minimum absolute atomic E-state index is 0.128. The van der Waals surface area contributed by atoms with E-state index < -0.39 is 23.0 Å². The lowest BCUT2D eigenvalue weighted by Crippen LogP contribution is -2.33. The van der Waals surface area contributed by atoms with Gasteiger partial charge in [-0.05, 0) is 6.42 Å². The van der Waals surface area contributed by atoms with Crippen molar-refractivity contribution in [3.8, 4) is 0 Å². The van der Waals surface area contributed by atoms with Crippen LogP contribution in [0.25, 0.3) is 0 Å². The highest BCUT2D eigenvalue weighted by molar-refractivity contribution is 5.66. The molecule has 2 unspecified atom stereocenters. The molecule has 0 saturated heterocycles. The van der Waals surface area contributed by atoms with Gasteiger partial charge >= 0.3 is 5.97 Å². The molecule has 6 heteroatoms. The van der Waals surface area contributed by atoms with Crippen molar-refractivity contribution < 1.29 is 19.9 Å². The molecule has 2 atom stereocenters. The van der Waals surface area contributed by atoms with Crippen LogP contribution in [0, 0.1) is 10.1 Å².